The number of ether oxygens (including phenoxy) is 2. The Labute approximate surface area is 426 Å². The average Bonchev–Trinajstić information content (AvgIpc) is 3.35. The van der Waals surface area contributed by atoms with E-state index >= 15 is 0 Å². The van der Waals surface area contributed by atoms with Crippen molar-refractivity contribution < 1.29 is 23.5 Å². The molecule has 69 heavy (non-hydrogen) atoms. The average molecular weight is 973 g/mol. The first-order valence-corrected chi connectivity index (χ1v) is 31.4. The maximum Gasteiger partial charge on any atom is 0.308 e. The Morgan fingerprint density at radius 1 is 0.478 bits per heavy atom. The van der Waals surface area contributed by atoms with Crippen LogP contribution in [0.5, 0.6) is 0 Å². The minimum atomic E-state index is -2.55. The minimum absolute atomic E-state index is 0.0222. The van der Waals surface area contributed by atoms with Gasteiger partial charge in [0, 0.05) is 12.6 Å². The van der Waals surface area contributed by atoms with Crippen molar-refractivity contribution in [3.05, 3.63) is 60.7 Å². The van der Waals surface area contributed by atoms with Gasteiger partial charge >= 0.3 is 11.9 Å². The zero-order valence-corrected chi connectivity index (χ0v) is 46.3. The van der Waals surface area contributed by atoms with Crippen LogP contribution in [-0.2, 0) is 23.5 Å². The van der Waals surface area contributed by atoms with E-state index in [4.69, 9.17) is 13.9 Å². The molecular formula is C62H105NO5Si. The summed E-state index contributed by atoms with van der Waals surface area (Å²) in [6.07, 6.45) is 43.4. The van der Waals surface area contributed by atoms with Crippen LogP contribution in [0.4, 0.5) is 0 Å². The van der Waals surface area contributed by atoms with Gasteiger partial charge in [-0.3, -0.25) is 9.59 Å². The van der Waals surface area contributed by atoms with E-state index in [-0.39, 0.29) is 28.8 Å². The van der Waals surface area contributed by atoms with Gasteiger partial charge in [0.15, 0.2) is 0 Å². The molecule has 6 nitrogen and oxygen atoms in total. The van der Waals surface area contributed by atoms with Gasteiger partial charge in [0.1, 0.15) is 0 Å². The van der Waals surface area contributed by atoms with Crippen LogP contribution in [0.3, 0.4) is 0 Å². The number of hydrogen-bond acceptors (Lipinski definition) is 6. The van der Waals surface area contributed by atoms with Gasteiger partial charge in [-0.15, -0.1) is 0 Å². The van der Waals surface area contributed by atoms with Gasteiger partial charge in [0.2, 0.25) is 0 Å². The Balaban J connectivity index is 1.26. The van der Waals surface area contributed by atoms with Crippen LogP contribution >= 0.6 is 0 Å². The molecule has 0 saturated heterocycles. The zero-order valence-electron chi connectivity index (χ0n) is 45.3. The number of nitrogens with zero attached hydrogens (tertiary/aromatic N) is 1. The van der Waals surface area contributed by atoms with Crippen molar-refractivity contribution in [1.29, 1.82) is 0 Å². The van der Waals surface area contributed by atoms with Crippen molar-refractivity contribution in [2.24, 2.45) is 11.8 Å². The van der Waals surface area contributed by atoms with E-state index in [9.17, 15) is 9.59 Å². The molecule has 2 saturated carbocycles. The number of unbranched alkanes of at least 4 members (excludes halogenated alkanes) is 5. The molecule has 2 aromatic carbocycles. The third-order valence-corrected chi connectivity index (χ3v) is 21.0. The fourth-order valence-corrected chi connectivity index (χ4v) is 16.2. The minimum Gasteiger partial charge on any atom is -0.465 e. The highest BCUT2D eigenvalue weighted by Gasteiger charge is 2.50. The van der Waals surface area contributed by atoms with Crippen LogP contribution in [0, 0.1) is 11.8 Å². The van der Waals surface area contributed by atoms with Crippen molar-refractivity contribution in [3.63, 3.8) is 0 Å². The van der Waals surface area contributed by atoms with E-state index in [1.807, 2.05) is 0 Å². The lowest BCUT2D eigenvalue weighted by Crippen LogP contribution is -2.66. The third-order valence-electron chi connectivity index (χ3n) is 16.0. The van der Waals surface area contributed by atoms with Crippen LogP contribution in [0.1, 0.15) is 252 Å². The first-order chi connectivity index (χ1) is 33.7. The molecule has 0 N–H and O–H groups in total. The van der Waals surface area contributed by atoms with Gasteiger partial charge in [-0.05, 0) is 93.2 Å². The predicted octanol–water partition coefficient (Wildman–Crippen LogP) is 16.3. The molecule has 0 aromatic heterocycles. The molecular weight excluding hydrogens is 867 g/mol. The van der Waals surface area contributed by atoms with Gasteiger partial charge in [-0.1, -0.05) is 248 Å². The Morgan fingerprint density at radius 2 is 0.812 bits per heavy atom. The lowest BCUT2D eigenvalue weighted by Gasteiger charge is -2.43. The summed E-state index contributed by atoms with van der Waals surface area (Å²) in [4.78, 5) is 29.2. The van der Waals surface area contributed by atoms with Crippen molar-refractivity contribution in [2.45, 2.75) is 263 Å². The van der Waals surface area contributed by atoms with Gasteiger partial charge in [0.05, 0.1) is 25.0 Å². The fourth-order valence-electron chi connectivity index (χ4n) is 11.6. The second kappa shape index (κ2) is 36.4. The van der Waals surface area contributed by atoms with E-state index in [1.54, 1.807) is 0 Å². The summed E-state index contributed by atoms with van der Waals surface area (Å²) in [5.74, 6) is 0.304. The second-order valence-electron chi connectivity index (χ2n) is 22.7. The lowest BCUT2D eigenvalue weighted by atomic mass is 9.93. The summed E-state index contributed by atoms with van der Waals surface area (Å²) < 4.78 is 19.2. The molecule has 0 aliphatic heterocycles. The van der Waals surface area contributed by atoms with Crippen LogP contribution in [-0.4, -0.2) is 64.6 Å². The van der Waals surface area contributed by atoms with Gasteiger partial charge < -0.3 is 18.8 Å². The van der Waals surface area contributed by atoms with Crippen LogP contribution in [0.15, 0.2) is 60.7 Å². The van der Waals surface area contributed by atoms with Crippen LogP contribution in [0.25, 0.3) is 0 Å². The number of rotatable bonds is 23. The predicted molar refractivity (Wildman–Crippen MR) is 295 cm³/mol. The van der Waals surface area contributed by atoms with E-state index in [0.717, 1.165) is 129 Å². The first kappa shape index (κ1) is 59.1. The standard InChI is InChI=1S/C62H105NO5Si/c1-62(2,3)69(58-47-33-23-34-48-58,59-49-35-24-36-50-59)68-54-40-37-51-63(4)57(45-31-25-38-52-66-60(64)55-41-27-19-15-11-7-5-8-12-16-20-28-42-55)46-32-26-39-53-67-61(65)56-43-29-21-17-13-9-6-10-14-18-22-30-44-56/h23-24,33-36,47-50,55-57H,5-22,25-32,37-46,51-54H2,1-4H3. The van der Waals surface area contributed by atoms with Crippen molar-refractivity contribution in [1.82, 2.24) is 4.90 Å². The SMILES string of the molecule is CN(CCCCO[Si](c1ccccc1)(c1ccccc1)C(C)(C)C)C(CCCCCOC(=O)C1CCCCCCCCCCCCC1)CCCCCOC(=O)C1CCCCCCCCCCCCC1. The quantitative estimate of drug-likeness (QED) is 0.0628. The van der Waals surface area contributed by atoms with E-state index < -0.39 is 8.32 Å². The molecule has 0 bridgehead atoms. The number of esters is 2. The highest BCUT2D eigenvalue weighted by Crippen LogP contribution is 2.37. The molecule has 0 heterocycles. The maximum atomic E-state index is 13.3. The number of carbonyl (C=O) groups excluding carboxylic acids is 2. The van der Waals surface area contributed by atoms with Gasteiger partial charge in [0.25, 0.3) is 8.32 Å². The molecule has 2 aliphatic rings. The van der Waals surface area contributed by atoms with Crippen molar-refractivity contribution in [3.8, 4) is 0 Å². The smallest absolute Gasteiger partial charge is 0.308 e. The monoisotopic (exact) mass is 972 g/mol. The zero-order chi connectivity index (χ0) is 49.1. The molecule has 2 aromatic rings. The summed E-state index contributed by atoms with van der Waals surface area (Å²) in [7, 11) is -0.217. The Hall–Kier alpha value is -2.48. The van der Waals surface area contributed by atoms with Gasteiger partial charge in [-0.25, -0.2) is 0 Å². The molecule has 2 aliphatic carbocycles. The normalized spacial score (nSPS) is 18.1. The lowest BCUT2D eigenvalue weighted by molar-refractivity contribution is -0.150. The summed E-state index contributed by atoms with van der Waals surface area (Å²) >= 11 is 0. The molecule has 392 valence electrons. The molecule has 0 amide bonds. The molecule has 0 unspecified atom stereocenters. The highest BCUT2D eigenvalue weighted by atomic mass is 28.4. The second-order valence-corrected chi connectivity index (χ2v) is 27.0. The largest absolute Gasteiger partial charge is 0.465 e. The summed E-state index contributed by atoms with van der Waals surface area (Å²) in [6.45, 7) is 10.0. The third kappa shape index (κ3) is 23.7. The molecule has 0 atom stereocenters. The van der Waals surface area contributed by atoms with E-state index in [2.05, 4.69) is 93.4 Å². The highest BCUT2D eigenvalue weighted by molar-refractivity contribution is 6.99. The topological polar surface area (TPSA) is 65.1 Å². The molecule has 4 rings (SSSR count). The summed E-state index contributed by atoms with van der Waals surface area (Å²) in [5.41, 5.74) is 0. The molecule has 0 spiro atoms. The number of carbonyl (C=O) groups is 2. The molecule has 7 heteroatoms. The van der Waals surface area contributed by atoms with Crippen LogP contribution < -0.4 is 10.4 Å². The molecule has 0 radical (unpaired) electrons. The van der Waals surface area contributed by atoms with Crippen molar-refractivity contribution in [2.75, 3.05) is 33.4 Å². The number of benzene rings is 2. The Bertz CT molecular complexity index is 1440. The first-order valence-electron chi connectivity index (χ1n) is 29.5. The summed E-state index contributed by atoms with van der Waals surface area (Å²) in [5, 5.41) is 2.66. The maximum absolute atomic E-state index is 13.3. The van der Waals surface area contributed by atoms with Crippen molar-refractivity contribution >= 4 is 30.6 Å². The molecule has 2 fully saturated rings. The fraction of sp³-hybridized carbons (Fsp3) is 0.774. The van der Waals surface area contributed by atoms with Gasteiger partial charge in [-0.2, -0.15) is 0 Å². The van der Waals surface area contributed by atoms with E-state index in [0.29, 0.717) is 19.3 Å². The van der Waals surface area contributed by atoms with E-state index in [1.165, 1.54) is 126 Å². The number of hydrogen-bond donors (Lipinski definition) is 0. The Morgan fingerprint density at radius 3 is 1.16 bits per heavy atom. The Kier molecular flexibility index (Phi) is 31.2. The summed E-state index contributed by atoms with van der Waals surface area (Å²) in [6, 6.07) is 22.5. The van der Waals surface area contributed by atoms with Crippen LogP contribution in [0.2, 0.25) is 5.04 Å².